The third kappa shape index (κ3) is 6.70. The van der Waals surface area contributed by atoms with E-state index in [1.165, 1.54) is 6.07 Å². The van der Waals surface area contributed by atoms with Crippen LogP contribution in [0.2, 0.25) is 0 Å². The van der Waals surface area contributed by atoms with E-state index >= 15 is 8.78 Å². The van der Waals surface area contributed by atoms with Crippen LogP contribution < -0.4 is 15.8 Å². The largest absolute Gasteiger partial charge is 0.490 e. The van der Waals surface area contributed by atoms with Crippen molar-refractivity contribution < 1.29 is 27.4 Å². The van der Waals surface area contributed by atoms with Crippen molar-refractivity contribution in [1.82, 2.24) is 9.97 Å². The minimum Gasteiger partial charge on any atom is -0.490 e. The zero-order chi connectivity index (χ0) is 29.1. The summed E-state index contributed by atoms with van der Waals surface area (Å²) in [6, 6.07) is 6.07. The molecule has 0 radical (unpaired) electrons. The third-order valence-corrected chi connectivity index (χ3v) is 8.07. The highest BCUT2D eigenvalue weighted by Gasteiger charge is 2.31. The Morgan fingerprint density at radius 2 is 1.78 bits per heavy atom. The number of aromatic nitrogens is 2. The number of carbonyl (C=O) groups is 1. The number of pyridine rings is 2. The summed E-state index contributed by atoms with van der Waals surface area (Å²) >= 11 is 0. The quantitative estimate of drug-likeness (QED) is 0.350. The molecule has 1 saturated heterocycles. The highest BCUT2D eigenvalue weighted by molar-refractivity contribution is 6.03. The van der Waals surface area contributed by atoms with Gasteiger partial charge in [0.15, 0.2) is 0 Å². The van der Waals surface area contributed by atoms with Gasteiger partial charge in [0.05, 0.1) is 30.7 Å². The molecule has 10 heteroatoms. The number of nitrogens with two attached hydrogens (primary N) is 1. The lowest BCUT2D eigenvalue weighted by atomic mass is 9.72. The Hall–Kier alpha value is -3.50. The Kier molecular flexibility index (Phi) is 8.89. The molecule has 0 unspecified atom stereocenters. The molecule has 5 rings (SSSR count). The van der Waals surface area contributed by atoms with E-state index < -0.39 is 34.6 Å². The number of nitrogens with zero attached hydrogens (tertiary/aromatic N) is 2. The lowest BCUT2D eigenvalue weighted by Crippen LogP contribution is -2.34. The first-order valence-electron chi connectivity index (χ1n) is 14.1. The van der Waals surface area contributed by atoms with Gasteiger partial charge in [0.2, 0.25) is 0 Å². The molecule has 3 heterocycles. The van der Waals surface area contributed by atoms with E-state index in [9.17, 15) is 9.18 Å². The standard InChI is InChI=1S/C31H35F3N4O3/c1-17(2)18-11-19(13-20(35)12-18)23-5-8-36-16-28(23)38-31(39)27-4-3-24(32)30(37-27)29-25(33)14-22(15-26(29)34)41-21-6-9-40-10-7-21/h3-5,8,14-21H,6-7,9-13,35H2,1-2H3,(H,38,39)/t18-,19+,20+/m0/s1. The van der Waals surface area contributed by atoms with Crippen LogP contribution in [-0.2, 0) is 4.74 Å². The van der Waals surface area contributed by atoms with Crippen LogP contribution in [0, 0.1) is 29.3 Å². The Labute approximate surface area is 237 Å². The fourth-order valence-corrected chi connectivity index (χ4v) is 5.83. The monoisotopic (exact) mass is 568 g/mol. The van der Waals surface area contributed by atoms with Gasteiger partial charge in [-0.2, -0.15) is 0 Å². The molecule has 1 aliphatic carbocycles. The third-order valence-electron chi connectivity index (χ3n) is 8.07. The molecule has 2 aliphatic rings. The second kappa shape index (κ2) is 12.6. The summed E-state index contributed by atoms with van der Waals surface area (Å²) in [7, 11) is 0. The minimum absolute atomic E-state index is 0.00352. The Morgan fingerprint density at radius 1 is 1.05 bits per heavy atom. The van der Waals surface area contributed by atoms with Crippen LogP contribution in [-0.4, -0.2) is 41.2 Å². The molecule has 7 nitrogen and oxygen atoms in total. The van der Waals surface area contributed by atoms with Gasteiger partial charge in [-0.25, -0.2) is 18.2 Å². The number of ether oxygens (including phenoxy) is 2. The zero-order valence-corrected chi connectivity index (χ0v) is 23.2. The molecule has 1 saturated carbocycles. The van der Waals surface area contributed by atoms with Crippen LogP contribution >= 0.6 is 0 Å². The highest BCUT2D eigenvalue weighted by atomic mass is 19.1. The smallest absolute Gasteiger partial charge is 0.274 e. The molecule has 1 aliphatic heterocycles. The predicted octanol–water partition coefficient (Wildman–Crippen LogP) is 6.24. The summed E-state index contributed by atoms with van der Waals surface area (Å²) in [5.74, 6) is -2.63. The van der Waals surface area contributed by atoms with Crippen LogP contribution in [0.25, 0.3) is 11.3 Å². The second-order valence-corrected chi connectivity index (χ2v) is 11.3. The van der Waals surface area contributed by atoms with Gasteiger partial charge in [-0.3, -0.25) is 9.78 Å². The molecule has 2 aromatic heterocycles. The van der Waals surface area contributed by atoms with Gasteiger partial charge in [0.1, 0.15) is 40.7 Å². The molecule has 0 bridgehead atoms. The first kappa shape index (κ1) is 29.0. The van der Waals surface area contributed by atoms with Gasteiger partial charge >= 0.3 is 0 Å². The van der Waals surface area contributed by atoms with Gasteiger partial charge in [-0.05, 0) is 60.8 Å². The number of halogens is 3. The lowest BCUT2D eigenvalue weighted by molar-refractivity contribution is 0.0253. The molecule has 0 spiro atoms. The van der Waals surface area contributed by atoms with Crippen molar-refractivity contribution in [2.45, 2.75) is 64.0 Å². The summed E-state index contributed by atoms with van der Waals surface area (Å²) in [5.41, 5.74) is 6.32. The van der Waals surface area contributed by atoms with Gasteiger partial charge in [-0.15, -0.1) is 0 Å². The molecule has 1 aromatic carbocycles. The fraction of sp³-hybridized carbons (Fsp3) is 0.452. The van der Waals surface area contributed by atoms with Crippen molar-refractivity contribution in [1.29, 1.82) is 0 Å². The maximum atomic E-state index is 15.1. The number of nitrogens with one attached hydrogen (secondary N) is 1. The van der Waals surface area contributed by atoms with E-state index in [4.69, 9.17) is 15.2 Å². The maximum Gasteiger partial charge on any atom is 0.274 e. The number of amides is 1. The molecule has 3 atom stereocenters. The molecule has 41 heavy (non-hydrogen) atoms. The van der Waals surface area contributed by atoms with Crippen LogP contribution in [0.15, 0.2) is 42.7 Å². The molecule has 218 valence electrons. The highest BCUT2D eigenvalue weighted by Crippen LogP contribution is 2.41. The van der Waals surface area contributed by atoms with E-state index in [1.54, 1.807) is 12.4 Å². The first-order chi connectivity index (χ1) is 19.7. The van der Waals surface area contributed by atoms with Gasteiger partial charge in [0, 0.05) is 37.2 Å². The Bertz CT molecular complexity index is 1370. The van der Waals surface area contributed by atoms with Crippen molar-refractivity contribution in [3.63, 3.8) is 0 Å². The van der Waals surface area contributed by atoms with Crippen molar-refractivity contribution in [2.75, 3.05) is 18.5 Å². The molecule has 1 amide bonds. The fourth-order valence-electron chi connectivity index (χ4n) is 5.83. The summed E-state index contributed by atoms with van der Waals surface area (Å²) in [5, 5.41) is 2.82. The molecular formula is C31H35F3N4O3. The number of hydrogen-bond donors (Lipinski definition) is 2. The molecule has 3 aromatic rings. The number of hydrogen-bond acceptors (Lipinski definition) is 6. The van der Waals surface area contributed by atoms with Crippen molar-refractivity contribution in [3.8, 4) is 17.0 Å². The van der Waals surface area contributed by atoms with Crippen molar-refractivity contribution in [2.24, 2.45) is 17.6 Å². The van der Waals surface area contributed by atoms with Crippen molar-refractivity contribution >= 4 is 11.6 Å². The van der Waals surface area contributed by atoms with Gasteiger partial charge < -0.3 is 20.5 Å². The maximum absolute atomic E-state index is 15.1. The van der Waals surface area contributed by atoms with Crippen molar-refractivity contribution in [3.05, 3.63) is 71.4 Å². The average Bonchev–Trinajstić information content (AvgIpc) is 2.94. The second-order valence-electron chi connectivity index (χ2n) is 11.3. The van der Waals surface area contributed by atoms with Crippen LogP contribution in [0.4, 0.5) is 18.9 Å². The summed E-state index contributed by atoms with van der Waals surface area (Å²) < 4.78 is 56.0. The average molecular weight is 569 g/mol. The van der Waals surface area contributed by atoms with Gasteiger partial charge in [0.25, 0.3) is 5.91 Å². The molecule has 3 N–H and O–H groups in total. The van der Waals surface area contributed by atoms with Crippen LogP contribution in [0.1, 0.15) is 67.9 Å². The number of carbonyl (C=O) groups excluding carboxylic acids is 1. The number of anilines is 1. The normalized spacial score (nSPS) is 21.6. The SMILES string of the molecule is CC(C)[C@@H]1C[C@@H](N)C[C@H](c2ccncc2NC(=O)c2ccc(F)c(-c3c(F)cc(OC4CCOCC4)cc3F)n2)C1. The Morgan fingerprint density at radius 3 is 2.49 bits per heavy atom. The van der Waals surface area contributed by atoms with E-state index in [1.807, 2.05) is 6.07 Å². The first-order valence-corrected chi connectivity index (χ1v) is 14.1. The number of benzene rings is 1. The van der Waals surface area contributed by atoms with Crippen LogP contribution in [0.3, 0.4) is 0 Å². The predicted molar refractivity (Wildman–Crippen MR) is 149 cm³/mol. The van der Waals surface area contributed by atoms with E-state index in [-0.39, 0.29) is 29.5 Å². The summed E-state index contributed by atoms with van der Waals surface area (Å²) in [6.07, 6.45) is 6.87. The lowest BCUT2D eigenvalue weighted by Gasteiger charge is -2.36. The van der Waals surface area contributed by atoms with E-state index in [2.05, 4.69) is 29.1 Å². The topological polar surface area (TPSA) is 99.4 Å². The zero-order valence-electron chi connectivity index (χ0n) is 23.2. The van der Waals surface area contributed by atoms with Gasteiger partial charge in [-0.1, -0.05) is 13.8 Å². The van der Waals surface area contributed by atoms with E-state index in [0.717, 1.165) is 43.0 Å². The summed E-state index contributed by atoms with van der Waals surface area (Å²) in [6.45, 7) is 5.38. The summed E-state index contributed by atoms with van der Waals surface area (Å²) in [4.78, 5) is 21.5. The minimum atomic E-state index is -1.04. The number of rotatable bonds is 7. The Balaban J connectivity index is 1.38. The molecule has 2 fully saturated rings. The van der Waals surface area contributed by atoms with E-state index in [0.29, 0.717) is 43.6 Å². The molecular weight excluding hydrogens is 533 g/mol. The van der Waals surface area contributed by atoms with Crippen LogP contribution in [0.5, 0.6) is 5.75 Å².